The van der Waals surface area contributed by atoms with Gasteiger partial charge in [0.05, 0.1) is 0 Å². The lowest BCUT2D eigenvalue weighted by molar-refractivity contribution is 0.0635. The molecule has 1 aromatic rings. The van der Waals surface area contributed by atoms with Crippen molar-refractivity contribution >= 4 is 11.8 Å². The highest BCUT2D eigenvalue weighted by Gasteiger charge is 2.17. The minimum atomic E-state index is -0.603. The average Bonchev–Trinajstić information content (AvgIpc) is 2.20. The summed E-state index contributed by atoms with van der Waals surface area (Å²) in [6, 6.07) is 3.97. The molecule has 0 atom stereocenters. The molecule has 5 heteroatoms. The van der Waals surface area contributed by atoms with E-state index in [9.17, 15) is 9.18 Å². The van der Waals surface area contributed by atoms with Gasteiger partial charge in [0.15, 0.2) is 0 Å². The molecule has 1 amide bonds. The first-order chi connectivity index (χ1) is 8.31. The van der Waals surface area contributed by atoms with E-state index in [1.54, 1.807) is 20.8 Å². The van der Waals surface area contributed by atoms with Crippen molar-refractivity contribution in [3.8, 4) is 0 Å². The van der Waals surface area contributed by atoms with Gasteiger partial charge >= 0.3 is 6.09 Å². The van der Waals surface area contributed by atoms with Gasteiger partial charge in [0.1, 0.15) is 11.4 Å². The molecule has 0 fully saturated rings. The Bertz CT molecular complexity index is 427. The van der Waals surface area contributed by atoms with Crippen molar-refractivity contribution in [3.05, 3.63) is 29.6 Å². The summed E-state index contributed by atoms with van der Waals surface area (Å²) in [7, 11) is 0. The number of ether oxygens (including phenoxy) is 1. The van der Waals surface area contributed by atoms with Crippen molar-refractivity contribution in [3.63, 3.8) is 0 Å². The maximum absolute atomic E-state index is 13.1. The second kappa shape index (κ2) is 5.82. The number of rotatable bonds is 3. The molecular weight excluding hydrogens is 237 g/mol. The van der Waals surface area contributed by atoms with Crippen LogP contribution in [0.1, 0.15) is 26.3 Å². The van der Waals surface area contributed by atoms with Gasteiger partial charge in [-0.2, -0.15) is 0 Å². The van der Waals surface area contributed by atoms with E-state index in [-0.39, 0.29) is 13.0 Å². The Morgan fingerprint density at radius 2 is 2.11 bits per heavy atom. The molecule has 4 nitrogen and oxygen atoms in total. The third-order valence-corrected chi connectivity index (χ3v) is 2.08. The third-order valence-electron chi connectivity index (χ3n) is 2.08. The van der Waals surface area contributed by atoms with Crippen LogP contribution in [0.4, 0.5) is 14.9 Å². The van der Waals surface area contributed by atoms with Crippen LogP contribution in [0.2, 0.25) is 0 Å². The van der Waals surface area contributed by atoms with E-state index in [1.165, 1.54) is 18.2 Å². The van der Waals surface area contributed by atoms with Crippen LogP contribution in [-0.2, 0) is 11.2 Å². The lowest BCUT2D eigenvalue weighted by atomic mass is 10.1. The van der Waals surface area contributed by atoms with Crippen molar-refractivity contribution < 1.29 is 19.0 Å². The predicted octanol–water partition coefficient (Wildman–Crippen LogP) is 2.71. The van der Waals surface area contributed by atoms with Gasteiger partial charge in [-0.25, -0.2) is 9.18 Å². The van der Waals surface area contributed by atoms with E-state index < -0.39 is 17.5 Å². The number of benzene rings is 1. The number of aliphatic hydroxyl groups is 1. The van der Waals surface area contributed by atoms with Crippen molar-refractivity contribution in [2.24, 2.45) is 0 Å². The summed E-state index contributed by atoms with van der Waals surface area (Å²) in [6.07, 6.45) is -0.337. The highest BCUT2D eigenvalue weighted by Crippen LogP contribution is 2.19. The van der Waals surface area contributed by atoms with Crippen LogP contribution in [0, 0.1) is 5.82 Å². The minimum absolute atomic E-state index is 0.119. The number of nitrogens with one attached hydrogen (secondary N) is 1. The lowest BCUT2D eigenvalue weighted by Gasteiger charge is -2.20. The molecule has 0 aliphatic carbocycles. The molecule has 0 saturated heterocycles. The van der Waals surface area contributed by atoms with Crippen molar-refractivity contribution in [1.29, 1.82) is 0 Å². The number of aliphatic hydroxyl groups excluding tert-OH is 1. The number of hydrogen-bond donors (Lipinski definition) is 2. The Labute approximate surface area is 106 Å². The smallest absolute Gasteiger partial charge is 0.412 e. The maximum Gasteiger partial charge on any atom is 0.412 e. The van der Waals surface area contributed by atoms with Crippen molar-refractivity contribution in [2.45, 2.75) is 32.8 Å². The molecule has 0 saturated carbocycles. The van der Waals surface area contributed by atoms with Gasteiger partial charge in [-0.3, -0.25) is 5.32 Å². The highest BCUT2D eigenvalue weighted by atomic mass is 19.1. The summed E-state index contributed by atoms with van der Waals surface area (Å²) in [6.45, 7) is 5.15. The zero-order valence-electron chi connectivity index (χ0n) is 10.8. The van der Waals surface area contributed by atoms with Crippen molar-refractivity contribution in [1.82, 2.24) is 0 Å². The number of amides is 1. The average molecular weight is 255 g/mol. The van der Waals surface area contributed by atoms with Crippen LogP contribution in [0.5, 0.6) is 0 Å². The molecule has 18 heavy (non-hydrogen) atoms. The van der Waals surface area contributed by atoms with Gasteiger partial charge in [-0.05, 0) is 51.0 Å². The number of carbonyl (C=O) groups is 1. The normalized spacial score (nSPS) is 11.2. The summed E-state index contributed by atoms with van der Waals surface area (Å²) in [5.74, 6) is -0.409. The molecule has 0 aromatic heterocycles. The van der Waals surface area contributed by atoms with Crippen LogP contribution in [-0.4, -0.2) is 23.4 Å². The Morgan fingerprint density at radius 3 is 2.67 bits per heavy atom. The van der Waals surface area contributed by atoms with Crippen LogP contribution in [0.25, 0.3) is 0 Å². The summed E-state index contributed by atoms with van der Waals surface area (Å²) in [5, 5.41) is 11.4. The second-order valence-electron chi connectivity index (χ2n) is 4.90. The van der Waals surface area contributed by atoms with Crippen LogP contribution in [0.3, 0.4) is 0 Å². The first-order valence-electron chi connectivity index (χ1n) is 5.71. The fraction of sp³-hybridized carbons (Fsp3) is 0.462. The molecule has 2 N–H and O–H groups in total. The number of halogens is 1. The lowest BCUT2D eigenvalue weighted by Crippen LogP contribution is -2.27. The van der Waals surface area contributed by atoms with Crippen molar-refractivity contribution in [2.75, 3.05) is 11.9 Å². The van der Waals surface area contributed by atoms with Crippen LogP contribution >= 0.6 is 0 Å². The summed E-state index contributed by atoms with van der Waals surface area (Å²) in [5.41, 5.74) is 0.379. The van der Waals surface area contributed by atoms with E-state index in [0.29, 0.717) is 11.3 Å². The Balaban J connectivity index is 2.80. The van der Waals surface area contributed by atoms with Gasteiger partial charge in [0.2, 0.25) is 0 Å². The molecule has 0 aliphatic rings. The highest BCUT2D eigenvalue weighted by molar-refractivity contribution is 5.85. The molecule has 0 radical (unpaired) electrons. The number of hydrogen-bond acceptors (Lipinski definition) is 3. The Kier molecular flexibility index (Phi) is 4.67. The fourth-order valence-corrected chi connectivity index (χ4v) is 1.43. The zero-order valence-corrected chi connectivity index (χ0v) is 10.8. The van der Waals surface area contributed by atoms with E-state index in [4.69, 9.17) is 9.84 Å². The molecule has 0 unspecified atom stereocenters. The molecule has 0 bridgehead atoms. The van der Waals surface area contributed by atoms with E-state index >= 15 is 0 Å². The maximum atomic E-state index is 13.1. The first-order valence-corrected chi connectivity index (χ1v) is 5.71. The summed E-state index contributed by atoms with van der Waals surface area (Å²) < 4.78 is 18.2. The van der Waals surface area contributed by atoms with E-state index in [1.807, 2.05) is 0 Å². The van der Waals surface area contributed by atoms with Gasteiger partial charge in [0.25, 0.3) is 0 Å². The van der Waals surface area contributed by atoms with Gasteiger partial charge in [0, 0.05) is 12.3 Å². The molecule has 1 rings (SSSR count). The van der Waals surface area contributed by atoms with Gasteiger partial charge in [-0.1, -0.05) is 0 Å². The third kappa shape index (κ3) is 4.71. The quantitative estimate of drug-likeness (QED) is 0.873. The molecule has 0 aliphatic heterocycles. The molecule has 1 aromatic carbocycles. The van der Waals surface area contributed by atoms with Crippen LogP contribution < -0.4 is 5.32 Å². The topological polar surface area (TPSA) is 58.6 Å². The van der Waals surface area contributed by atoms with Crippen LogP contribution in [0.15, 0.2) is 18.2 Å². The summed E-state index contributed by atoms with van der Waals surface area (Å²) >= 11 is 0. The van der Waals surface area contributed by atoms with Gasteiger partial charge in [-0.15, -0.1) is 0 Å². The molecular formula is C13H18FNO3. The minimum Gasteiger partial charge on any atom is -0.444 e. The van der Waals surface area contributed by atoms with E-state index in [2.05, 4.69) is 5.32 Å². The molecule has 0 heterocycles. The monoisotopic (exact) mass is 255 g/mol. The SMILES string of the molecule is CC(C)(C)OC(=O)Nc1ccc(F)cc1CCO. The van der Waals surface area contributed by atoms with Gasteiger partial charge < -0.3 is 9.84 Å². The zero-order chi connectivity index (χ0) is 13.8. The number of carbonyl (C=O) groups excluding carboxylic acids is 1. The Morgan fingerprint density at radius 1 is 1.44 bits per heavy atom. The largest absolute Gasteiger partial charge is 0.444 e. The number of anilines is 1. The predicted molar refractivity (Wildman–Crippen MR) is 67.0 cm³/mol. The molecule has 100 valence electrons. The fourth-order valence-electron chi connectivity index (χ4n) is 1.43. The standard InChI is InChI=1S/C13H18FNO3/c1-13(2,3)18-12(17)15-11-5-4-10(14)8-9(11)6-7-16/h4-5,8,16H,6-7H2,1-3H3,(H,15,17). The van der Waals surface area contributed by atoms with E-state index in [0.717, 1.165) is 0 Å². The first kappa shape index (κ1) is 14.4. The second-order valence-corrected chi connectivity index (χ2v) is 4.90. The summed E-state index contributed by atoms with van der Waals surface area (Å²) in [4.78, 5) is 11.6. The molecule has 0 spiro atoms. The Hall–Kier alpha value is -1.62.